The molecule has 3 nitrogen and oxygen atoms in total. The van der Waals surface area contributed by atoms with Gasteiger partial charge in [-0.25, -0.2) is 0 Å². The molecule has 1 heterocycles. The molecule has 1 unspecified atom stereocenters. The number of carbonyl (C=O) groups is 1. The highest BCUT2D eigenvalue weighted by molar-refractivity contribution is 5.85. The first-order chi connectivity index (χ1) is 7.29. The van der Waals surface area contributed by atoms with Crippen molar-refractivity contribution in [3.63, 3.8) is 0 Å². The Labute approximate surface area is 105 Å². The van der Waals surface area contributed by atoms with E-state index in [-0.39, 0.29) is 12.4 Å². The van der Waals surface area contributed by atoms with Crippen molar-refractivity contribution in [2.75, 3.05) is 20.1 Å². The van der Waals surface area contributed by atoms with Gasteiger partial charge in [-0.3, -0.25) is 4.79 Å². The summed E-state index contributed by atoms with van der Waals surface area (Å²) in [7, 11) is 1.96. The lowest BCUT2D eigenvalue weighted by atomic mass is 10.1. The van der Waals surface area contributed by atoms with Crippen LogP contribution in [0, 0.1) is 0 Å². The molecule has 1 atom stereocenters. The van der Waals surface area contributed by atoms with E-state index in [1.807, 2.05) is 7.05 Å². The van der Waals surface area contributed by atoms with Gasteiger partial charge in [0.2, 0.25) is 5.91 Å². The average Bonchev–Trinajstić information content (AvgIpc) is 2.67. The van der Waals surface area contributed by atoms with Gasteiger partial charge in [-0.05, 0) is 26.3 Å². The second-order valence-electron chi connectivity index (χ2n) is 4.40. The molecule has 0 bridgehead atoms. The Bertz CT molecular complexity index is 199. The summed E-state index contributed by atoms with van der Waals surface area (Å²) in [6.07, 6.45) is 6.50. The standard InChI is InChI=1S/C12H24N2O.ClH/c1-3-4-5-8-12(15)14-9-6-7-11(14)10-13-2;/h11,13H,3-10H2,1-2H3;1H. The molecule has 1 amide bonds. The summed E-state index contributed by atoms with van der Waals surface area (Å²) in [5, 5.41) is 3.17. The van der Waals surface area contributed by atoms with Crippen LogP contribution in [0.15, 0.2) is 0 Å². The zero-order valence-corrected chi connectivity index (χ0v) is 11.3. The smallest absolute Gasteiger partial charge is 0.222 e. The van der Waals surface area contributed by atoms with Gasteiger partial charge < -0.3 is 10.2 Å². The van der Waals surface area contributed by atoms with E-state index in [1.165, 1.54) is 25.7 Å². The summed E-state index contributed by atoms with van der Waals surface area (Å²) >= 11 is 0. The zero-order valence-electron chi connectivity index (χ0n) is 10.5. The summed E-state index contributed by atoms with van der Waals surface area (Å²) in [6, 6.07) is 0.448. The maximum absolute atomic E-state index is 11.9. The van der Waals surface area contributed by atoms with Crippen LogP contribution in [0.25, 0.3) is 0 Å². The van der Waals surface area contributed by atoms with Gasteiger partial charge in [0.25, 0.3) is 0 Å². The molecule has 1 aliphatic heterocycles. The molecule has 1 rings (SSSR count). The first-order valence-corrected chi connectivity index (χ1v) is 6.23. The highest BCUT2D eigenvalue weighted by Gasteiger charge is 2.27. The van der Waals surface area contributed by atoms with Gasteiger partial charge in [-0.15, -0.1) is 12.4 Å². The van der Waals surface area contributed by atoms with Gasteiger partial charge in [0, 0.05) is 25.6 Å². The number of halogens is 1. The van der Waals surface area contributed by atoms with Crippen molar-refractivity contribution in [3.8, 4) is 0 Å². The van der Waals surface area contributed by atoms with Crippen molar-refractivity contribution in [2.24, 2.45) is 0 Å². The molecule has 16 heavy (non-hydrogen) atoms. The van der Waals surface area contributed by atoms with E-state index in [0.717, 1.165) is 25.9 Å². The van der Waals surface area contributed by atoms with Gasteiger partial charge in [0.1, 0.15) is 0 Å². The molecule has 1 aliphatic rings. The molecule has 0 aromatic carbocycles. The van der Waals surface area contributed by atoms with E-state index in [9.17, 15) is 4.79 Å². The fourth-order valence-electron chi connectivity index (χ4n) is 2.28. The SMILES string of the molecule is CCCCCC(=O)N1CCCC1CNC.Cl. The van der Waals surface area contributed by atoms with E-state index in [0.29, 0.717) is 11.9 Å². The molecule has 0 radical (unpaired) electrons. The predicted molar refractivity (Wildman–Crippen MR) is 70.1 cm³/mol. The molecule has 1 N–H and O–H groups in total. The number of nitrogens with one attached hydrogen (secondary N) is 1. The van der Waals surface area contributed by atoms with Crippen LogP contribution >= 0.6 is 12.4 Å². The number of hydrogen-bond acceptors (Lipinski definition) is 2. The first-order valence-electron chi connectivity index (χ1n) is 6.23. The normalized spacial score (nSPS) is 19.6. The number of nitrogens with zero attached hydrogens (tertiary/aromatic N) is 1. The maximum atomic E-state index is 11.9. The Balaban J connectivity index is 0.00000225. The van der Waals surface area contributed by atoms with Gasteiger partial charge in [-0.1, -0.05) is 19.8 Å². The van der Waals surface area contributed by atoms with E-state index in [2.05, 4.69) is 17.1 Å². The molecule has 0 aromatic heterocycles. The molecule has 1 saturated heterocycles. The zero-order chi connectivity index (χ0) is 11.1. The minimum absolute atomic E-state index is 0. The Hall–Kier alpha value is -0.280. The summed E-state index contributed by atoms with van der Waals surface area (Å²) in [4.78, 5) is 14.0. The van der Waals surface area contributed by atoms with Gasteiger partial charge >= 0.3 is 0 Å². The predicted octanol–water partition coefficient (Wildman–Crippen LogP) is 2.20. The molecule has 4 heteroatoms. The number of carbonyl (C=O) groups excluding carboxylic acids is 1. The topological polar surface area (TPSA) is 32.3 Å². The molecular formula is C12H25ClN2O. The minimum atomic E-state index is 0. The third-order valence-corrected chi connectivity index (χ3v) is 3.13. The van der Waals surface area contributed by atoms with Gasteiger partial charge in [-0.2, -0.15) is 0 Å². The molecule has 0 aliphatic carbocycles. The first kappa shape index (κ1) is 15.7. The summed E-state index contributed by atoms with van der Waals surface area (Å²) in [5.74, 6) is 0.362. The van der Waals surface area contributed by atoms with Crippen LogP contribution in [0.4, 0.5) is 0 Å². The van der Waals surface area contributed by atoms with E-state index in [4.69, 9.17) is 0 Å². The van der Waals surface area contributed by atoms with Crippen molar-refractivity contribution in [2.45, 2.75) is 51.5 Å². The summed E-state index contributed by atoms with van der Waals surface area (Å²) in [6.45, 7) is 4.08. The number of unbranched alkanes of at least 4 members (excludes halogenated alkanes) is 2. The summed E-state index contributed by atoms with van der Waals surface area (Å²) < 4.78 is 0. The lowest BCUT2D eigenvalue weighted by molar-refractivity contribution is -0.132. The van der Waals surface area contributed by atoms with Crippen LogP contribution < -0.4 is 5.32 Å². The maximum Gasteiger partial charge on any atom is 0.222 e. The second kappa shape index (κ2) is 8.82. The van der Waals surface area contributed by atoms with Crippen LogP contribution in [0.3, 0.4) is 0 Å². The third-order valence-electron chi connectivity index (χ3n) is 3.13. The summed E-state index contributed by atoms with van der Waals surface area (Å²) in [5.41, 5.74) is 0. The van der Waals surface area contributed by atoms with Crippen molar-refractivity contribution in [1.29, 1.82) is 0 Å². The molecule has 0 saturated carbocycles. The van der Waals surface area contributed by atoms with Crippen molar-refractivity contribution in [3.05, 3.63) is 0 Å². The van der Waals surface area contributed by atoms with Crippen molar-refractivity contribution >= 4 is 18.3 Å². The highest BCUT2D eigenvalue weighted by Crippen LogP contribution is 2.18. The number of rotatable bonds is 6. The number of likely N-dealkylation sites (tertiary alicyclic amines) is 1. The molecular weight excluding hydrogens is 224 g/mol. The fourth-order valence-corrected chi connectivity index (χ4v) is 2.28. The average molecular weight is 249 g/mol. The second-order valence-corrected chi connectivity index (χ2v) is 4.40. The quantitative estimate of drug-likeness (QED) is 0.731. The van der Waals surface area contributed by atoms with E-state index >= 15 is 0 Å². The Morgan fingerprint density at radius 3 is 2.81 bits per heavy atom. The molecule has 0 spiro atoms. The Morgan fingerprint density at radius 1 is 1.44 bits per heavy atom. The fraction of sp³-hybridized carbons (Fsp3) is 0.917. The number of amides is 1. The molecule has 0 aromatic rings. The minimum Gasteiger partial charge on any atom is -0.338 e. The van der Waals surface area contributed by atoms with Crippen LogP contribution in [-0.2, 0) is 4.79 Å². The highest BCUT2D eigenvalue weighted by atomic mass is 35.5. The number of likely N-dealkylation sites (N-methyl/N-ethyl adjacent to an activating group) is 1. The van der Waals surface area contributed by atoms with E-state index < -0.39 is 0 Å². The van der Waals surface area contributed by atoms with Crippen molar-refractivity contribution < 1.29 is 4.79 Å². The molecule has 1 fully saturated rings. The lowest BCUT2D eigenvalue weighted by Crippen LogP contribution is -2.40. The third kappa shape index (κ3) is 4.71. The lowest BCUT2D eigenvalue weighted by Gasteiger charge is -2.24. The molecule has 96 valence electrons. The van der Waals surface area contributed by atoms with Crippen molar-refractivity contribution in [1.82, 2.24) is 10.2 Å². The van der Waals surface area contributed by atoms with Crippen LogP contribution in [0.5, 0.6) is 0 Å². The monoisotopic (exact) mass is 248 g/mol. The van der Waals surface area contributed by atoms with Gasteiger partial charge in [0.05, 0.1) is 0 Å². The Morgan fingerprint density at radius 2 is 2.19 bits per heavy atom. The van der Waals surface area contributed by atoms with Gasteiger partial charge in [0.15, 0.2) is 0 Å². The van der Waals surface area contributed by atoms with Crippen LogP contribution in [-0.4, -0.2) is 37.0 Å². The van der Waals surface area contributed by atoms with Crippen LogP contribution in [0.1, 0.15) is 45.4 Å². The number of hydrogen-bond donors (Lipinski definition) is 1. The largest absolute Gasteiger partial charge is 0.338 e. The van der Waals surface area contributed by atoms with Crippen LogP contribution in [0.2, 0.25) is 0 Å². The van der Waals surface area contributed by atoms with E-state index in [1.54, 1.807) is 0 Å². The Kier molecular flexibility index (Phi) is 8.67.